The fraction of sp³-hybridized carbons (Fsp3) is 0.600. The second-order valence-electron chi connectivity index (χ2n) is 3.36. The quantitative estimate of drug-likeness (QED) is 0.873. The third kappa shape index (κ3) is 2.34. The van der Waals surface area contributed by atoms with Gasteiger partial charge in [0.2, 0.25) is 0 Å². The van der Waals surface area contributed by atoms with E-state index in [1.54, 1.807) is 0 Å². The normalized spacial score (nSPS) is 10.9. The van der Waals surface area contributed by atoms with E-state index in [4.69, 9.17) is 0 Å². The molecule has 0 fully saturated rings. The zero-order valence-corrected chi connectivity index (χ0v) is 10.9. The number of aromatic nitrogens is 2. The van der Waals surface area contributed by atoms with E-state index in [0.29, 0.717) is 9.49 Å². The molecule has 1 aromatic heterocycles. The van der Waals surface area contributed by atoms with Gasteiger partial charge in [0.15, 0.2) is 0 Å². The molecule has 0 atom stereocenters. The predicted octanol–water partition coefficient (Wildman–Crippen LogP) is 2.59. The van der Waals surface area contributed by atoms with Crippen LogP contribution in [0.15, 0.2) is 4.79 Å². The lowest BCUT2D eigenvalue weighted by molar-refractivity contribution is 0.595. The molecule has 0 unspecified atom stereocenters. The molecule has 14 heavy (non-hydrogen) atoms. The Hall–Kier alpha value is -0.390. The largest absolute Gasteiger partial charge is 0.309 e. The van der Waals surface area contributed by atoms with E-state index in [9.17, 15) is 4.79 Å². The van der Waals surface area contributed by atoms with Crippen LogP contribution in [0.25, 0.3) is 0 Å². The third-order valence-corrected chi connectivity index (χ3v) is 3.69. The number of aromatic amines is 1. The third-order valence-electron chi connectivity index (χ3n) is 2.42. The van der Waals surface area contributed by atoms with Crippen molar-refractivity contribution >= 4 is 22.6 Å². The van der Waals surface area contributed by atoms with Crippen LogP contribution in [0.5, 0.6) is 0 Å². The average Bonchev–Trinajstić information content (AvgIpc) is 2.16. The molecule has 0 spiro atoms. The van der Waals surface area contributed by atoms with Crippen LogP contribution in [0.1, 0.15) is 44.1 Å². The van der Waals surface area contributed by atoms with Crippen molar-refractivity contribution in [2.24, 2.45) is 0 Å². The average molecular weight is 306 g/mol. The Balaban J connectivity index is 3.18. The SMILES string of the molecule is CCC(CC)c1nc(C)c(I)c(=O)[nH]1. The Morgan fingerprint density at radius 1 is 1.43 bits per heavy atom. The summed E-state index contributed by atoms with van der Waals surface area (Å²) in [4.78, 5) is 18.8. The maximum absolute atomic E-state index is 11.5. The first-order chi connectivity index (χ1) is 6.60. The van der Waals surface area contributed by atoms with E-state index in [2.05, 4.69) is 23.8 Å². The van der Waals surface area contributed by atoms with E-state index >= 15 is 0 Å². The van der Waals surface area contributed by atoms with Gasteiger partial charge in [0.1, 0.15) is 5.82 Å². The summed E-state index contributed by atoms with van der Waals surface area (Å²) in [5, 5.41) is 0. The van der Waals surface area contributed by atoms with E-state index < -0.39 is 0 Å². The molecule has 0 saturated carbocycles. The van der Waals surface area contributed by atoms with E-state index in [1.165, 1.54) is 0 Å². The number of nitrogens with zero attached hydrogens (tertiary/aromatic N) is 1. The number of rotatable bonds is 3. The fourth-order valence-electron chi connectivity index (χ4n) is 1.46. The van der Waals surface area contributed by atoms with Gasteiger partial charge >= 0.3 is 0 Å². The molecular formula is C10H15IN2O. The number of hydrogen-bond acceptors (Lipinski definition) is 2. The Bertz CT molecular complexity index is 369. The zero-order chi connectivity index (χ0) is 10.7. The Kier molecular flexibility index (Phi) is 4.10. The molecule has 1 heterocycles. The van der Waals surface area contributed by atoms with Crippen LogP contribution < -0.4 is 5.56 Å². The van der Waals surface area contributed by atoms with Crippen molar-refractivity contribution in [1.82, 2.24) is 9.97 Å². The molecule has 3 nitrogen and oxygen atoms in total. The van der Waals surface area contributed by atoms with Gasteiger partial charge in [-0.15, -0.1) is 0 Å². The monoisotopic (exact) mass is 306 g/mol. The molecule has 4 heteroatoms. The van der Waals surface area contributed by atoms with Crippen molar-refractivity contribution < 1.29 is 0 Å². The molecule has 0 aromatic carbocycles. The van der Waals surface area contributed by atoms with Gasteiger partial charge in [0.05, 0.1) is 9.26 Å². The lowest BCUT2D eigenvalue weighted by atomic mass is 10.0. The van der Waals surface area contributed by atoms with E-state index in [-0.39, 0.29) is 5.56 Å². The molecule has 1 N–H and O–H groups in total. The van der Waals surface area contributed by atoms with Gasteiger partial charge in [0.25, 0.3) is 5.56 Å². The van der Waals surface area contributed by atoms with Crippen molar-refractivity contribution in [2.75, 3.05) is 0 Å². The number of halogens is 1. The summed E-state index contributed by atoms with van der Waals surface area (Å²) >= 11 is 2.03. The van der Waals surface area contributed by atoms with Crippen LogP contribution in [0.2, 0.25) is 0 Å². The summed E-state index contributed by atoms with van der Waals surface area (Å²) in [7, 11) is 0. The number of aryl methyl sites for hydroxylation is 1. The highest BCUT2D eigenvalue weighted by Crippen LogP contribution is 2.18. The summed E-state index contributed by atoms with van der Waals surface area (Å²) < 4.78 is 0.692. The van der Waals surface area contributed by atoms with Gasteiger partial charge in [0, 0.05) is 5.92 Å². The molecule has 0 saturated heterocycles. The van der Waals surface area contributed by atoms with E-state index in [1.807, 2.05) is 29.5 Å². The van der Waals surface area contributed by atoms with Crippen LogP contribution >= 0.6 is 22.6 Å². The maximum atomic E-state index is 11.5. The molecule has 1 rings (SSSR count). The summed E-state index contributed by atoms with van der Waals surface area (Å²) in [6.07, 6.45) is 2.03. The van der Waals surface area contributed by atoms with Crippen LogP contribution in [0, 0.1) is 10.5 Å². The molecule has 0 aliphatic rings. The highest BCUT2D eigenvalue weighted by molar-refractivity contribution is 14.1. The molecule has 0 bridgehead atoms. The summed E-state index contributed by atoms with van der Waals surface area (Å²) in [5.41, 5.74) is 0.816. The van der Waals surface area contributed by atoms with Crippen molar-refractivity contribution in [3.05, 3.63) is 25.4 Å². The first-order valence-electron chi connectivity index (χ1n) is 4.86. The number of H-pyrrole nitrogens is 1. The van der Waals surface area contributed by atoms with Crippen LogP contribution in [0.3, 0.4) is 0 Å². The van der Waals surface area contributed by atoms with Gasteiger partial charge in [-0.3, -0.25) is 4.79 Å². The topological polar surface area (TPSA) is 45.8 Å². The van der Waals surface area contributed by atoms with Gasteiger partial charge < -0.3 is 4.98 Å². The van der Waals surface area contributed by atoms with Gasteiger partial charge in [-0.1, -0.05) is 13.8 Å². The highest BCUT2D eigenvalue weighted by atomic mass is 127. The highest BCUT2D eigenvalue weighted by Gasteiger charge is 2.12. The fourth-order valence-corrected chi connectivity index (χ4v) is 1.72. The van der Waals surface area contributed by atoms with Crippen molar-refractivity contribution in [2.45, 2.75) is 39.5 Å². The lowest BCUT2D eigenvalue weighted by Crippen LogP contribution is -2.18. The molecule has 1 aromatic rings. The smallest absolute Gasteiger partial charge is 0.264 e. The first kappa shape index (κ1) is 11.7. The second kappa shape index (κ2) is 4.91. The summed E-state index contributed by atoms with van der Waals surface area (Å²) in [6, 6.07) is 0. The predicted molar refractivity (Wildman–Crippen MR) is 65.6 cm³/mol. The maximum Gasteiger partial charge on any atom is 0.264 e. The van der Waals surface area contributed by atoms with Crippen molar-refractivity contribution in [1.29, 1.82) is 0 Å². The minimum absolute atomic E-state index is 0.0139. The molecule has 0 amide bonds. The summed E-state index contributed by atoms with van der Waals surface area (Å²) in [5.74, 6) is 1.20. The first-order valence-corrected chi connectivity index (χ1v) is 5.94. The van der Waals surface area contributed by atoms with Crippen molar-refractivity contribution in [3.63, 3.8) is 0 Å². The standard InChI is InChI=1S/C10H15IN2O/c1-4-7(5-2)9-12-6(3)8(11)10(14)13-9/h7H,4-5H2,1-3H3,(H,12,13,14). The Morgan fingerprint density at radius 3 is 2.43 bits per heavy atom. The Labute approximate surface area is 97.5 Å². The van der Waals surface area contributed by atoms with Gasteiger partial charge in [-0.05, 0) is 42.4 Å². The van der Waals surface area contributed by atoms with Gasteiger partial charge in [-0.2, -0.15) is 0 Å². The molecule has 78 valence electrons. The van der Waals surface area contributed by atoms with Crippen LogP contribution in [-0.4, -0.2) is 9.97 Å². The molecule has 0 radical (unpaired) electrons. The lowest BCUT2D eigenvalue weighted by Gasteiger charge is -2.11. The van der Waals surface area contributed by atoms with Crippen molar-refractivity contribution in [3.8, 4) is 0 Å². The van der Waals surface area contributed by atoms with Crippen LogP contribution in [-0.2, 0) is 0 Å². The number of hydrogen-bond donors (Lipinski definition) is 1. The zero-order valence-electron chi connectivity index (χ0n) is 8.72. The second-order valence-corrected chi connectivity index (χ2v) is 4.44. The van der Waals surface area contributed by atoms with E-state index in [0.717, 1.165) is 24.4 Å². The minimum atomic E-state index is -0.0139. The minimum Gasteiger partial charge on any atom is -0.309 e. The molecular weight excluding hydrogens is 291 g/mol. The Morgan fingerprint density at radius 2 is 2.00 bits per heavy atom. The van der Waals surface area contributed by atoms with Gasteiger partial charge in [-0.25, -0.2) is 4.98 Å². The van der Waals surface area contributed by atoms with Crippen LogP contribution in [0.4, 0.5) is 0 Å². The number of nitrogens with one attached hydrogen (secondary N) is 1. The molecule has 0 aliphatic heterocycles. The molecule has 0 aliphatic carbocycles. The summed E-state index contributed by atoms with van der Waals surface area (Å²) in [6.45, 7) is 6.10.